The fourth-order valence-corrected chi connectivity index (χ4v) is 3.43. The van der Waals surface area contributed by atoms with Gasteiger partial charge in [-0.1, -0.05) is 12.2 Å². The van der Waals surface area contributed by atoms with Crippen LogP contribution < -0.4 is 11.1 Å². The van der Waals surface area contributed by atoms with Crippen LogP contribution in [0.5, 0.6) is 0 Å². The fourth-order valence-electron chi connectivity index (χ4n) is 3.43. The molecule has 3 heterocycles. The molecule has 154 valence electrons. The molecule has 0 saturated heterocycles. The number of aromatic nitrogens is 3. The SMILES string of the molecule is C=CCn1cc(C=O)c2nc3c(C(O)CC(C)=O)cn(CC=C)c(=O)c3cc2c1=O. The number of nitrogens with zero attached hydrogens (tertiary/aromatic N) is 3. The van der Waals surface area contributed by atoms with Gasteiger partial charge in [0.15, 0.2) is 6.29 Å². The van der Waals surface area contributed by atoms with E-state index >= 15 is 0 Å². The van der Waals surface area contributed by atoms with Crippen molar-refractivity contribution in [3.8, 4) is 0 Å². The van der Waals surface area contributed by atoms with Crippen LogP contribution in [-0.2, 0) is 17.9 Å². The van der Waals surface area contributed by atoms with Crippen molar-refractivity contribution in [1.82, 2.24) is 14.1 Å². The third kappa shape index (κ3) is 3.65. The van der Waals surface area contributed by atoms with Crippen LogP contribution in [0, 0.1) is 0 Å². The molecule has 0 amide bonds. The molecule has 1 atom stereocenters. The summed E-state index contributed by atoms with van der Waals surface area (Å²) in [5.41, 5.74) is -0.157. The van der Waals surface area contributed by atoms with Crippen molar-refractivity contribution >= 4 is 33.9 Å². The number of Topliss-reactive ketones (excluding diaryl/α,β-unsaturated/α-hetero) is 1. The van der Waals surface area contributed by atoms with E-state index in [1.54, 1.807) is 0 Å². The number of carbonyl (C=O) groups excluding carboxylic acids is 2. The molecule has 8 heteroatoms. The Labute approximate surface area is 171 Å². The Morgan fingerprint density at radius 2 is 1.67 bits per heavy atom. The Morgan fingerprint density at radius 3 is 2.20 bits per heavy atom. The second-order valence-corrected chi connectivity index (χ2v) is 6.98. The summed E-state index contributed by atoms with van der Waals surface area (Å²) >= 11 is 0. The molecule has 0 aliphatic rings. The number of aldehydes is 1. The maximum atomic E-state index is 13.0. The quantitative estimate of drug-likeness (QED) is 0.347. The Morgan fingerprint density at radius 1 is 1.10 bits per heavy atom. The van der Waals surface area contributed by atoms with E-state index in [1.165, 1.54) is 46.7 Å². The average molecular weight is 407 g/mol. The summed E-state index contributed by atoms with van der Waals surface area (Å²) < 4.78 is 2.64. The van der Waals surface area contributed by atoms with Gasteiger partial charge in [0, 0.05) is 37.5 Å². The summed E-state index contributed by atoms with van der Waals surface area (Å²) in [7, 11) is 0. The monoisotopic (exact) mass is 407 g/mol. The lowest BCUT2D eigenvalue weighted by Gasteiger charge is -2.16. The number of pyridine rings is 3. The molecular weight excluding hydrogens is 386 g/mol. The van der Waals surface area contributed by atoms with E-state index in [2.05, 4.69) is 18.1 Å². The second-order valence-electron chi connectivity index (χ2n) is 6.98. The second kappa shape index (κ2) is 8.38. The number of hydrogen-bond donors (Lipinski definition) is 1. The summed E-state index contributed by atoms with van der Waals surface area (Å²) in [4.78, 5) is 53.4. The minimum atomic E-state index is -1.20. The normalized spacial score (nSPS) is 12.1. The van der Waals surface area contributed by atoms with Crippen LogP contribution in [0.25, 0.3) is 21.8 Å². The van der Waals surface area contributed by atoms with Gasteiger partial charge in [-0.2, -0.15) is 0 Å². The molecule has 1 unspecified atom stereocenters. The number of aliphatic hydroxyl groups excluding tert-OH is 1. The third-order valence-corrected chi connectivity index (χ3v) is 4.76. The zero-order chi connectivity index (χ0) is 22.0. The highest BCUT2D eigenvalue weighted by molar-refractivity contribution is 6.00. The summed E-state index contributed by atoms with van der Waals surface area (Å²) in [6, 6.07) is 1.39. The summed E-state index contributed by atoms with van der Waals surface area (Å²) in [5.74, 6) is -0.237. The van der Waals surface area contributed by atoms with Crippen LogP contribution in [0.15, 0.2) is 53.4 Å². The van der Waals surface area contributed by atoms with Gasteiger partial charge in [-0.25, -0.2) is 4.98 Å². The minimum Gasteiger partial charge on any atom is -0.388 e. The van der Waals surface area contributed by atoms with E-state index in [0.29, 0.717) is 6.29 Å². The lowest BCUT2D eigenvalue weighted by molar-refractivity contribution is -0.118. The fraction of sp³-hybridized carbons (Fsp3) is 0.227. The van der Waals surface area contributed by atoms with Crippen LogP contribution in [0.2, 0.25) is 0 Å². The molecule has 3 rings (SSSR count). The number of carbonyl (C=O) groups is 2. The maximum absolute atomic E-state index is 13.0. The highest BCUT2D eigenvalue weighted by atomic mass is 16.3. The first-order valence-corrected chi connectivity index (χ1v) is 9.28. The van der Waals surface area contributed by atoms with Gasteiger partial charge in [0.2, 0.25) is 0 Å². The molecule has 0 bridgehead atoms. The molecule has 8 nitrogen and oxygen atoms in total. The van der Waals surface area contributed by atoms with Crippen LogP contribution in [0.3, 0.4) is 0 Å². The van der Waals surface area contributed by atoms with Gasteiger partial charge in [-0.05, 0) is 13.0 Å². The van der Waals surface area contributed by atoms with Gasteiger partial charge in [-0.15, -0.1) is 13.2 Å². The largest absolute Gasteiger partial charge is 0.388 e. The number of aliphatic hydroxyl groups is 1. The number of ketones is 1. The van der Waals surface area contributed by atoms with E-state index in [4.69, 9.17) is 0 Å². The van der Waals surface area contributed by atoms with Gasteiger partial charge < -0.3 is 14.2 Å². The number of rotatable bonds is 8. The molecule has 0 spiro atoms. The minimum absolute atomic E-state index is 0.106. The van der Waals surface area contributed by atoms with Gasteiger partial charge >= 0.3 is 0 Å². The smallest absolute Gasteiger partial charge is 0.260 e. The van der Waals surface area contributed by atoms with Crippen LogP contribution in [0.1, 0.15) is 35.4 Å². The predicted molar refractivity (Wildman–Crippen MR) is 114 cm³/mol. The van der Waals surface area contributed by atoms with Gasteiger partial charge in [-0.3, -0.25) is 19.2 Å². The molecular formula is C22H21N3O5. The zero-order valence-corrected chi connectivity index (χ0v) is 16.5. The predicted octanol–water partition coefficient (Wildman–Crippen LogP) is 1.91. The van der Waals surface area contributed by atoms with Gasteiger partial charge in [0.25, 0.3) is 11.1 Å². The number of fused-ring (bicyclic) bond motifs is 2. The Kier molecular flexibility index (Phi) is 5.89. The molecule has 0 radical (unpaired) electrons. The highest BCUT2D eigenvalue weighted by Crippen LogP contribution is 2.26. The van der Waals surface area contributed by atoms with Crippen molar-refractivity contribution in [1.29, 1.82) is 0 Å². The van der Waals surface area contributed by atoms with E-state index in [9.17, 15) is 24.3 Å². The first-order valence-electron chi connectivity index (χ1n) is 9.28. The highest BCUT2D eigenvalue weighted by Gasteiger charge is 2.20. The van der Waals surface area contributed by atoms with Crippen molar-refractivity contribution < 1.29 is 14.7 Å². The standard InChI is InChI=1S/C22H21N3O5/c1-4-6-24-10-14(12-26)19-15(21(24)29)9-16-20(23-19)17(18(28)8-13(3)27)11-25(7-5-2)22(16)30/h4-5,9-12,18,28H,1-2,6-8H2,3H3. The van der Waals surface area contributed by atoms with Gasteiger partial charge in [0.1, 0.15) is 5.78 Å². The maximum Gasteiger partial charge on any atom is 0.260 e. The molecule has 1 N–H and O–H groups in total. The first kappa shape index (κ1) is 21.1. The molecule has 30 heavy (non-hydrogen) atoms. The average Bonchev–Trinajstić information content (AvgIpc) is 2.71. The molecule has 0 saturated carbocycles. The topological polar surface area (TPSA) is 111 Å². The van der Waals surface area contributed by atoms with Gasteiger partial charge in [0.05, 0.1) is 33.5 Å². The summed E-state index contributed by atoms with van der Waals surface area (Å²) in [6.45, 7) is 8.93. The molecule has 0 aliphatic heterocycles. The summed E-state index contributed by atoms with van der Waals surface area (Å²) in [6.07, 6.45) is 5.05. The van der Waals surface area contributed by atoms with E-state index in [0.717, 1.165) is 0 Å². The van der Waals surface area contributed by atoms with Crippen molar-refractivity contribution in [3.63, 3.8) is 0 Å². The van der Waals surface area contributed by atoms with E-state index in [1.807, 2.05) is 0 Å². The van der Waals surface area contributed by atoms with Crippen molar-refractivity contribution in [3.05, 3.63) is 75.6 Å². The van der Waals surface area contributed by atoms with Crippen molar-refractivity contribution in [2.75, 3.05) is 0 Å². The zero-order valence-electron chi connectivity index (χ0n) is 16.5. The van der Waals surface area contributed by atoms with Crippen LogP contribution >= 0.6 is 0 Å². The molecule has 0 aliphatic carbocycles. The molecule has 0 aromatic carbocycles. The Bertz CT molecular complexity index is 1320. The molecule has 3 aromatic rings. The Hall–Kier alpha value is -3.65. The van der Waals surface area contributed by atoms with E-state index < -0.39 is 17.2 Å². The molecule has 0 fully saturated rings. The first-order chi connectivity index (χ1) is 14.3. The molecule has 3 aromatic heterocycles. The Balaban J connectivity index is 2.49. The number of hydrogen-bond acceptors (Lipinski definition) is 6. The van der Waals surface area contributed by atoms with E-state index in [-0.39, 0.29) is 58.2 Å². The van der Waals surface area contributed by atoms with Crippen molar-refractivity contribution in [2.24, 2.45) is 0 Å². The lowest BCUT2D eigenvalue weighted by Crippen LogP contribution is -2.24. The van der Waals surface area contributed by atoms with Crippen LogP contribution in [0.4, 0.5) is 0 Å². The van der Waals surface area contributed by atoms with Crippen molar-refractivity contribution in [2.45, 2.75) is 32.5 Å². The van der Waals surface area contributed by atoms with Crippen LogP contribution in [-0.4, -0.2) is 31.3 Å². The summed E-state index contributed by atoms with van der Waals surface area (Å²) in [5, 5.41) is 10.8. The third-order valence-electron chi connectivity index (χ3n) is 4.76. The lowest BCUT2D eigenvalue weighted by atomic mass is 10.0. The number of allylic oxidation sites excluding steroid dienone is 2.